The van der Waals surface area contributed by atoms with Gasteiger partial charge in [0.2, 0.25) is 0 Å². The molecule has 2 heterocycles. The molecule has 0 saturated carbocycles. The Hall–Kier alpha value is -2.54. The average molecular weight is 346 g/mol. The molecule has 1 N–H and O–H groups in total. The monoisotopic (exact) mass is 346 g/mol. The SMILES string of the molecule is COCC1(C(=O)O)CCN(C(=O)c2cc3ccc(F)cc3nc2C)C1. The molecule has 1 fully saturated rings. The third kappa shape index (κ3) is 3.07. The van der Waals surface area contributed by atoms with Gasteiger partial charge in [0.15, 0.2) is 0 Å². The molecule has 25 heavy (non-hydrogen) atoms. The number of benzene rings is 1. The van der Waals surface area contributed by atoms with Gasteiger partial charge >= 0.3 is 5.97 Å². The molecule has 6 nitrogen and oxygen atoms in total. The van der Waals surface area contributed by atoms with Crippen LogP contribution in [0, 0.1) is 18.2 Å². The number of nitrogens with zero attached hydrogens (tertiary/aromatic N) is 2. The fraction of sp³-hybridized carbons (Fsp3) is 0.389. The third-order valence-corrected chi connectivity index (χ3v) is 4.72. The maximum Gasteiger partial charge on any atom is 0.313 e. The highest BCUT2D eigenvalue weighted by Crippen LogP contribution is 2.32. The van der Waals surface area contributed by atoms with E-state index in [1.165, 1.54) is 24.1 Å². The van der Waals surface area contributed by atoms with Gasteiger partial charge < -0.3 is 14.7 Å². The van der Waals surface area contributed by atoms with Gasteiger partial charge in [0.05, 0.1) is 23.4 Å². The molecule has 1 aliphatic heterocycles. The number of ether oxygens (including phenoxy) is 1. The van der Waals surface area contributed by atoms with E-state index in [1.54, 1.807) is 19.1 Å². The molecule has 3 rings (SSSR count). The highest BCUT2D eigenvalue weighted by atomic mass is 19.1. The maximum absolute atomic E-state index is 13.3. The highest BCUT2D eigenvalue weighted by molar-refractivity contribution is 5.99. The summed E-state index contributed by atoms with van der Waals surface area (Å²) in [5.74, 6) is -1.62. The Balaban J connectivity index is 1.91. The van der Waals surface area contributed by atoms with Gasteiger partial charge in [-0.05, 0) is 31.5 Å². The van der Waals surface area contributed by atoms with E-state index in [0.717, 1.165) is 0 Å². The first-order valence-electron chi connectivity index (χ1n) is 7.95. The van der Waals surface area contributed by atoms with Crippen molar-refractivity contribution in [3.05, 3.63) is 41.3 Å². The quantitative estimate of drug-likeness (QED) is 0.918. The fourth-order valence-corrected chi connectivity index (χ4v) is 3.30. The van der Waals surface area contributed by atoms with Crippen molar-refractivity contribution >= 4 is 22.8 Å². The topological polar surface area (TPSA) is 79.7 Å². The van der Waals surface area contributed by atoms with Crippen LogP contribution in [0.25, 0.3) is 10.9 Å². The molecule has 1 aromatic carbocycles. The number of aliphatic carboxylic acids is 1. The van der Waals surface area contributed by atoms with Crippen LogP contribution >= 0.6 is 0 Å². The van der Waals surface area contributed by atoms with Gasteiger partial charge in [0.25, 0.3) is 5.91 Å². The van der Waals surface area contributed by atoms with Crippen molar-refractivity contribution in [1.29, 1.82) is 0 Å². The van der Waals surface area contributed by atoms with Gasteiger partial charge in [-0.25, -0.2) is 4.39 Å². The first-order valence-corrected chi connectivity index (χ1v) is 7.95. The Morgan fingerprint density at radius 1 is 1.40 bits per heavy atom. The Morgan fingerprint density at radius 3 is 2.84 bits per heavy atom. The Kier molecular flexibility index (Phi) is 4.43. The van der Waals surface area contributed by atoms with Crippen LogP contribution in [0.1, 0.15) is 22.5 Å². The van der Waals surface area contributed by atoms with Crippen LogP contribution in [0.3, 0.4) is 0 Å². The number of carbonyl (C=O) groups excluding carboxylic acids is 1. The molecule has 1 saturated heterocycles. The van der Waals surface area contributed by atoms with E-state index in [2.05, 4.69) is 4.98 Å². The second-order valence-electron chi connectivity index (χ2n) is 6.45. The summed E-state index contributed by atoms with van der Waals surface area (Å²) in [5.41, 5.74) is 0.293. The zero-order valence-corrected chi connectivity index (χ0v) is 14.1. The van der Waals surface area contributed by atoms with Gasteiger partial charge in [-0.1, -0.05) is 0 Å². The van der Waals surface area contributed by atoms with Crippen molar-refractivity contribution in [1.82, 2.24) is 9.88 Å². The van der Waals surface area contributed by atoms with Crippen LogP contribution in [0.15, 0.2) is 24.3 Å². The van der Waals surface area contributed by atoms with Gasteiger partial charge in [-0.15, -0.1) is 0 Å². The van der Waals surface area contributed by atoms with Crippen LogP contribution in [-0.4, -0.2) is 53.7 Å². The lowest BCUT2D eigenvalue weighted by atomic mass is 9.88. The predicted molar refractivity (Wildman–Crippen MR) is 88.9 cm³/mol. The first-order chi connectivity index (χ1) is 11.9. The third-order valence-electron chi connectivity index (χ3n) is 4.72. The lowest BCUT2D eigenvalue weighted by molar-refractivity contribution is -0.151. The number of carbonyl (C=O) groups is 2. The number of hydrogen-bond acceptors (Lipinski definition) is 4. The van der Waals surface area contributed by atoms with Crippen LogP contribution in [-0.2, 0) is 9.53 Å². The van der Waals surface area contributed by atoms with E-state index in [-0.39, 0.29) is 24.9 Å². The largest absolute Gasteiger partial charge is 0.481 e. The van der Waals surface area contributed by atoms with E-state index in [9.17, 15) is 19.1 Å². The number of aromatic nitrogens is 1. The Morgan fingerprint density at radius 2 is 2.16 bits per heavy atom. The average Bonchev–Trinajstić information content (AvgIpc) is 2.99. The Bertz CT molecular complexity index is 854. The first kappa shape index (κ1) is 17.3. The van der Waals surface area contributed by atoms with Crippen molar-refractivity contribution in [3.8, 4) is 0 Å². The van der Waals surface area contributed by atoms with E-state index in [4.69, 9.17) is 4.74 Å². The van der Waals surface area contributed by atoms with Gasteiger partial charge in [0.1, 0.15) is 11.2 Å². The zero-order chi connectivity index (χ0) is 18.2. The molecule has 7 heteroatoms. The molecular formula is C18H19FN2O4. The van der Waals surface area contributed by atoms with Crippen LogP contribution < -0.4 is 0 Å². The summed E-state index contributed by atoms with van der Waals surface area (Å²) in [6, 6.07) is 5.89. The summed E-state index contributed by atoms with van der Waals surface area (Å²) in [6.07, 6.45) is 0.340. The molecule has 1 atom stereocenters. The molecule has 0 radical (unpaired) electrons. The summed E-state index contributed by atoms with van der Waals surface area (Å²) in [7, 11) is 1.45. The van der Waals surface area contributed by atoms with Crippen molar-refractivity contribution in [3.63, 3.8) is 0 Å². The van der Waals surface area contributed by atoms with Crippen molar-refractivity contribution in [2.75, 3.05) is 26.8 Å². The molecule has 0 aliphatic carbocycles. The number of halogens is 1. The van der Waals surface area contributed by atoms with E-state index in [0.29, 0.717) is 35.1 Å². The molecule has 2 aromatic rings. The van der Waals surface area contributed by atoms with Crippen LogP contribution in [0.2, 0.25) is 0 Å². The summed E-state index contributed by atoms with van der Waals surface area (Å²) >= 11 is 0. The minimum atomic E-state index is -1.08. The molecule has 1 amide bonds. The molecule has 1 unspecified atom stereocenters. The molecule has 0 spiro atoms. The number of methoxy groups -OCH3 is 1. The number of likely N-dealkylation sites (tertiary alicyclic amines) is 1. The molecule has 0 bridgehead atoms. The van der Waals surface area contributed by atoms with Gasteiger partial charge in [-0.2, -0.15) is 0 Å². The smallest absolute Gasteiger partial charge is 0.313 e. The van der Waals surface area contributed by atoms with Crippen LogP contribution in [0.5, 0.6) is 0 Å². The van der Waals surface area contributed by atoms with Crippen LogP contribution in [0.4, 0.5) is 4.39 Å². The number of amides is 1. The minimum Gasteiger partial charge on any atom is -0.481 e. The number of pyridine rings is 1. The molecular weight excluding hydrogens is 327 g/mol. The summed E-state index contributed by atoms with van der Waals surface area (Å²) in [6.45, 7) is 2.18. The van der Waals surface area contributed by atoms with Crippen molar-refractivity contribution < 1.29 is 23.8 Å². The Labute approximate surface area is 144 Å². The second kappa shape index (κ2) is 6.40. The van der Waals surface area contributed by atoms with E-state index in [1.807, 2.05) is 0 Å². The number of carboxylic acids is 1. The predicted octanol–water partition coefficient (Wildman–Crippen LogP) is 2.25. The maximum atomic E-state index is 13.3. The van der Waals surface area contributed by atoms with E-state index >= 15 is 0 Å². The highest BCUT2D eigenvalue weighted by Gasteiger charge is 2.46. The lowest BCUT2D eigenvalue weighted by Gasteiger charge is -2.24. The molecule has 1 aliphatic rings. The molecule has 132 valence electrons. The number of aryl methyl sites for hydroxylation is 1. The van der Waals surface area contributed by atoms with Crippen molar-refractivity contribution in [2.24, 2.45) is 5.41 Å². The van der Waals surface area contributed by atoms with Gasteiger partial charge in [-0.3, -0.25) is 14.6 Å². The normalized spacial score (nSPS) is 20.2. The number of hydrogen-bond donors (Lipinski definition) is 1. The van der Waals surface area contributed by atoms with Gasteiger partial charge in [0, 0.05) is 31.7 Å². The minimum absolute atomic E-state index is 0.0559. The van der Waals surface area contributed by atoms with E-state index < -0.39 is 11.4 Å². The summed E-state index contributed by atoms with van der Waals surface area (Å²) in [4.78, 5) is 30.3. The van der Waals surface area contributed by atoms with Crippen molar-refractivity contribution in [2.45, 2.75) is 13.3 Å². The lowest BCUT2D eigenvalue weighted by Crippen LogP contribution is -2.40. The zero-order valence-electron chi connectivity index (χ0n) is 14.1. The second-order valence-corrected chi connectivity index (χ2v) is 6.45. The fourth-order valence-electron chi connectivity index (χ4n) is 3.30. The molecule has 1 aromatic heterocycles. The standard InChI is InChI=1S/C18H19FN2O4/c1-11-14(7-12-3-4-13(19)8-15(12)20-11)16(22)21-6-5-18(9-21,10-25-2)17(23)24/h3-4,7-8H,5-6,9-10H2,1-2H3,(H,23,24). The summed E-state index contributed by atoms with van der Waals surface area (Å²) < 4.78 is 18.4. The number of carboxylic acid groups (broad SMARTS) is 1. The number of fused-ring (bicyclic) bond motifs is 1. The number of rotatable bonds is 4. The summed E-state index contributed by atoms with van der Waals surface area (Å²) in [5, 5.41) is 10.2.